The number of hydrogen-bond donors (Lipinski definition) is 2. The first-order valence-electron chi connectivity index (χ1n) is 6.74. The number of nitrogens with two attached hydrogens (primary N) is 1. The zero-order valence-corrected chi connectivity index (χ0v) is 11.6. The molecule has 0 radical (unpaired) electrons. The van der Waals surface area contributed by atoms with E-state index in [1.807, 2.05) is 0 Å². The zero-order valence-electron chi connectivity index (χ0n) is 11.6. The van der Waals surface area contributed by atoms with Gasteiger partial charge in [-0.3, -0.25) is 4.79 Å². The number of amides is 1. The largest absolute Gasteiger partial charge is 0.411 e. The summed E-state index contributed by atoms with van der Waals surface area (Å²) < 4.78 is 40.2. The molecular weight excluding hydrogens is 291 g/mol. The molecule has 1 saturated carbocycles. The number of alkyl halides is 3. The van der Waals surface area contributed by atoms with Crippen LogP contribution in [-0.2, 0) is 9.53 Å². The van der Waals surface area contributed by atoms with Crippen molar-refractivity contribution in [2.24, 2.45) is 10.9 Å². The van der Waals surface area contributed by atoms with Crippen molar-refractivity contribution in [1.82, 2.24) is 4.90 Å². The molecule has 0 aromatic rings. The summed E-state index contributed by atoms with van der Waals surface area (Å²) in [5.41, 5.74) is 5.42. The van der Waals surface area contributed by atoms with Crippen LogP contribution in [0.15, 0.2) is 5.16 Å². The third-order valence-electron chi connectivity index (χ3n) is 3.27. The average Bonchev–Trinajstić information content (AvgIpc) is 2.93. The normalized spacial score (nSPS) is 17.2. The molecule has 1 amide bonds. The SMILES string of the molecule is NC(CN(C(=O)CCOCC(F)(F)F)C1CCCC1)=NO. The molecule has 6 nitrogen and oxygen atoms in total. The lowest BCUT2D eigenvalue weighted by Crippen LogP contribution is -2.44. The average molecular weight is 311 g/mol. The number of halogens is 3. The van der Waals surface area contributed by atoms with Gasteiger partial charge in [0.15, 0.2) is 5.84 Å². The van der Waals surface area contributed by atoms with Gasteiger partial charge >= 0.3 is 6.18 Å². The minimum Gasteiger partial charge on any atom is -0.409 e. The summed E-state index contributed by atoms with van der Waals surface area (Å²) in [7, 11) is 0. The molecular formula is C12H20F3N3O3. The lowest BCUT2D eigenvalue weighted by molar-refractivity contribution is -0.175. The van der Waals surface area contributed by atoms with Gasteiger partial charge in [-0.1, -0.05) is 18.0 Å². The van der Waals surface area contributed by atoms with Crippen molar-refractivity contribution in [1.29, 1.82) is 0 Å². The van der Waals surface area contributed by atoms with Crippen LogP contribution in [0.3, 0.4) is 0 Å². The number of rotatable bonds is 7. The van der Waals surface area contributed by atoms with Gasteiger partial charge in [0.1, 0.15) is 6.61 Å². The number of carbonyl (C=O) groups excluding carboxylic acids is 1. The van der Waals surface area contributed by atoms with Crippen molar-refractivity contribution in [3.05, 3.63) is 0 Å². The second-order valence-electron chi connectivity index (χ2n) is 4.97. The van der Waals surface area contributed by atoms with E-state index < -0.39 is 12.8 Å². The second-order valence-corrected chi connectivity index (χ2v) is 4.97. The van der Waals surface area contributed by atoms with Crippen molar-refractivity contribution in [3.8, 4) is 0 Å². The first-order chi connectivity index (χ1) is 9.83. The number of nitrogens with zero attached hydrogens (tertiary/aromatic N) is 2. The first kappa shape index (κ1) is 17.5. The van der Waals surface area contributed by atoms with Gasteiger partial charge in [-0.2, -0.15) is 13.2 Å². The van der Waals surface area contributed by atoms with Crippen molar-refractivity contribution in [3.63, 3.8) is 0 Å². The van der Waals surface area contributed by atoms with Gasteiger partial charge in [0.25, 0.3) is 0 Å². The van der Waals surface area contributed by atoms with E-state index in [1.165, 1.54) is 4.90 Å². The minimum atomic E-state index is -4.40. The Bertz CT molecular complexity index is 368. The van der Waals surface area contributed by atoms with Crippen LogP contribution in [0.4, 0.5) is 13.2 Å². The smallest absolute Gasteiger partial charge is 0.409 e. The monoisotopic (exact) mass is 311 g/mol. The van der Waals surface area contributed by atoms with Crippen LogP contribution in [0.2, 0.25) is 0 Å². The summed E-state index contributed by atoms with van der Waals surface area (Å²) in [6.07, 6.45) is -0.973. The number of amidine groups is 1. The van der Waals surface area contributed by atoms with Gasteiger partial charge < -0.3 is 20.6 Å². The molecule has 9 heteroatoms. The third-order valence-corrected chi connectivity index (χ3v) is 3.27. The molecule has 0 heterocycles. The highest BCUT2D eigenvalue weighted by atomic mass is 19.4. The molecule has 1 aliphatic carbocycles. The van der Waals surface area contributed by atoms with Gasteiger partial charge in [0.2, 0.25) is 5.91 Å². The van der Waals surface area contributed by atoms with Gasteiger partial charge in [0, 0.05) is 6.04 Å². The number of ether oxygens (including phenoxy) is 1. The van der Waals surface area contributed by atoms with Crippen molar-refractivity contribution in [2.45, 2.75) is 44.3 Å². The summed E-state index contributed by atoms with van der Waals surface area (Å²) in [5.74, 6) is -0.456. The van der Waals surface area contributed by atoms with Crippen LogP contribution in [0.5, 0.6) is 0 Å². The Kier molecular flexibility index (Phi) is 6.73. The Labute approximate surface area is 120 Å². The van der Waals surface area contributed by atoms with Crippen LogP contribution in [-0.4, -0.2) is 53.8 Å². The van der Waals surface area contributed by atoms with Gasteiger partial charge in [0.05, 0.1) is 19.6 Å². The highest BCUT2D eigenvalue weighted by molar-refractivity contribution is 5.87. The van der Waals surface area contributed by atoms with Gasteiger partial charge in [-0.15, -0.1) is 0 Å². The van der Waals surface area contributed by atoms with E-state index in [4.69, 9.17) is 10.9 Å². The Hall–Kier alpha value is -1.51. The standard InChI is InChI=1S/C12H20F3N3O3/c13-12(14,15)8-21-6-5-11(19)18(7-10(16)17-20)9-3-1-2-4-9/h9,20H,1-8H2,(H2,16,17). The molecule has 0 atom stereocenters. The molecule has 0 aromatic heterocycles. The lowest BCUT2D eigenvalue weighted by atomic mass is 10.2. The Morgan fingerprint density at radius 1 is 1.38 bits per heavy atom. The van der Waals surface area contributed by atoms with E-state index in [2.05, 4.69) is 9.89 Å². The van der Waals surface area contributed by atoms with Crippen molar-refractivity contribution in [2.75, 3.05) is 19.8 Å². The predicted octanol–water partition coefficient (Wildman–Crippen LogP) is 1.47. The van der Waals surface area contributed by atoms with Crippen molar-refractivity contribution >= 4 is 11.7 Å². The maximum atomic E-state index is 12.1. The summed E-state index contributed by atoms with van der Waals surface area (Å²) >= 11 is 0. The highest BCUT2D eigenvalue weighted by Crippen LogP contribution is 2.24. The van der Waals surface area contributed by atoms with Gasteiger partial charge in [-0.25, -0.2) is 0 Å². The highest BCUT2D eigenvalue weighted by Gasteiger charge is 2.29. The van der Waals surface area contributed by atoms with Gasteiger partial charge in [-0.05, 0) is 12.8 Å². The zero-order chi connectivity index (χ0) is 15.9. The fraction of sp³-hybridized carbons (Fsp3) is 0.833. The van der Waals surface area contributed by atoms with Crippen LogP contribution in [0.1, 0.15) is 32.1 Å². The van der Waals surface area contributed by atoms with Crippen LogP contribution >= 0.6 is 0 Å². The minimum absolute atomic E-state index is 0.0135. The molecule has 0 spiro atoms. The van der Waals surface area contributed by atoms with E-state index in [-0.39, 0.29) is 37.4 Å². The number of carbonyl (C=O) groups is 1. The number of oxime groups is 1. The molecule has 3 N–H and O–H groups in total. The molecule has 21 heavy (non-hydrogen) atoms. The van der Waals surface area contributed by atoms with E-state index in [0.29, 0.717) is 0 Å². The molecule has 0 unspecified atom stereocenters. The Balaban J connectivity index is 2.47. The fourth-order valence-corrected chi connectivity index (χ4v) is 2.33. The summed E-state index contributed by atoms with van der Waals surface area (Å²) in [6.45, 7) is -1.71. The summed E-state index contributed by atoms with van der Waals surface area (Å²) in [4.78, 5) is 13.5. The molecule has 1 rings (SSSR count). The fourth-order valence-electron chi connectivity index (χ4n) is 2.33. The van der Waals surface area contributed by atoms with Crippen LogP contribution in [0.25, 0.3) is 0 Å². The quantitative estimate of drug-likeness (QED) is 0.245. The lowest BCUT2D eigenvalue weighted by Gasteiger charge is -2.28. The molecule has 0 saturated heterocycles. The molecule has 0 aliphatic heterocycles. The third kappa shape index (κ3) is 6.65. The maximum Gasteiger partial charge on any atom is 0.411 e. The Morgan fingerprint density at radius 2 is 2.00 bits per heavy atom. The van der Waals surface area contributed by atoms with Crippen LogP contribution in [0, 0.1) is 0 Å². The maximum absolute atomic E-state index is 12.1. The number of hydrogen-bond acceptors (Lipinski definition) is 4. The topological polar surface area (TPSA) is 88.2 Å². The molecule has 0 aromatic carbocycles. The van der Waals surface area contributed by atoms with Crippen LogP contribution < -0.4 is 5.73 Å². The molecule has 0 bridgehead atoms. The first-order valence-corrected chi connectivity index (χ1v) is 6.74. The van der Waals surface area contributed by atoms with Crippen molar-refractivity contribution < 1.29 is 27.9 Å². The van der Waals surface area contributed by atoms with E-state index in [1.54, 1.807) is 0 Å². The molecule has 1 fully saturated rings. The second kappa shape index (κ2) is 8.06. The summed E-state index contributed by atoms with van der Waals surface area (Å²) in [5, 5.41) is 11.4. The Morgan fingerprint density at radius 3 is 2.52 bits per heavy atom. The van der Waals surface area contributed by atoms with E-state index >= 15 is 0 Å². The van der Waals surface area contributed by atoms with E-state index in [0.717, 1.165) is 25.7 Å². The summed E-state index contributed by atoms with van der Waals surface area (Å²) in [6, 6.07) is -0.0135. The van der Waals surface area contributed by atoms with E-state index in [9.17, 15) is 18.0 Å². The molecule has 122 valence electrons. The molecule has 1 aliphatic rings. The predicted molar refractivity (Wildman–Crippen MR) is 68.9 cm³/mol.